The van der Waals surface area contributed by atoms with E-state index in [1.54, 1.807) is 14.2 Å². The van der Waals surface area contributed by atoms with Crippen LogP contribution in [0.15, 0.2) is 5.16 Å². The monoisotopic (exact) mass is 585 g/mol. The molecule has 240 valence electrons. The fourth-order valence-electron chi connectivity index (χ4n) is 7.82. The highest BCUT2D eigenvalue weighted by molar-refractivity contribution is 5.88. The highest BCUT2D eigenvalue weighted by Crippen LogP contribution is 2.46. The average molecular weight is 586 g/mol. The Morgan fingerprint density at radius 1 is 0.902 bits per heavy atom. The van der Waals surface area contributed by atoms with Crippen molar-refractivity contribution < 1.29 is 39.2 Å². The Morgan fingerprint density at radius 2 is 1.46 bits per heavy atom. The summed E-state index contributed by atoms with van der Waals surface area (Å²) in [6.45, 7) is 21.5. The average Bonchev–Trinajstić information content (AvgIpc) is 2.92. The summed E-state index contributed by atoms with van der Waals surface area (Å²) in [5.74, 6) is -1.99. The number of hydrogen-bond donors (Lipinski definition) is 3. The van der Waals surface area contributed by atoms with Crippen molar-refractivity contribution in [3.8, 4) is 0 Å². The molecule has 0 radical (unpaired) electrons. The maximum atomic E-state index is 14.0. The maximum Gasteiger partial charge on any atom is 0.309 e. The van der Waals surface area contributed by atoms with Crippen molar-refractivity contribution in [2.24, 2.45) is 46.1 Å². The van der Waals surface area contributed by atoms with Gasteiger partial charge in [0.25, 0.3) is 0 Å². The van der Waals surface area contributed by atoms with Crippen LogP contribution in [-0.2, 0) is 23.7 Å². The summed E-state index contributed by atoms with van der Waals surface area (Å²) in [5.41, 5.74) is -1.83. The minimum absolute atomic E-state index is 0.0590. The summed E-state index contributed by atoms with van der Waals surface area (Å²) in [5, 5.41) is 36.3. The van der Waals surface area contributed by atoms with Crippen molar-refractivity contribution in [3.05, 3.63) is 0 Å². The van der Waals surface area contributed by atoms with Crippen LogP contribution in [0, 0.1) is 40.9 Å². The SMILES string of the molecule is CC[C@H]1OC(=O)[C@H](C)[C@@H](C2C[C@@](C)(OC)[C@@H](O)[C@H](C)O2)[C@H](C)[C@@H](C)[C@](C)(OC)C[C@@H](C)/C(=N\O)[C@H](C)[C@@H](O)C1(C)C. The zero-order chi connectivity index (χ0) is 31.7. The first-order valence-corrected chi connectivity index (χ1v) is 15.4. The zero-order valence-electron chi connectivity index (χ0n) is 27.8. The fourth-order valence-corrected chi connectivity index (χ4v) is 7.82. The molecule has 13 atom stereocenters. The number of methoxy groups -OCH3 is 2. The van der Waals surface area contributed by atoms with Gasteiger partial charge in [-0.05, 0) is 45.4 Å². The molecule has 2 aliphatic rings. The van der Waals surface area contributed by atoms with Gasteiger partial charge in [-0.2, -0.15) is 0 Å². The number of oxime groups is 1. The summed E-state index contributed by atoms with van der Waals surface area (Å²) in [6.07, 6.45) is -1.72. The number of carbonyl (C=O) groups excluding carboxylic acids is 1. The molecule has 0 aromatic carbocycles. The normalized spacial score (nSPS) is 47.9. The van der Waals surface area contributed by atoms with Crippen LogP contribution in [0.2, 0.25) is 0 Å². The lowest BCUT2D eigenvalue weighted by molar-refractivity contribution is -0.236. The van der Waals surface area contributed by atoms with Crippen LogP contribution in [0.4, 0.5) is 0 Å². The quantitative estimate of drug-likeness (QED) is 0.237. The van der Waals surface area contributed by atoms with Gasteiger partial charge < -0.3 is 34.4 Å². The van der Waals surface area contributed by atoms with E-state index in [2.05, 4.69) is 25.9 Å². The Bertz CT molecular complexity index is 910. The lowest BCUT2D eigenvalue weighted by atomic mass is 9.64. The van der Waals surface area contributed by atoms with E-state index < -0.39 is 59.0 Å². The van der Waals surface area contributed by atoms with Crippen LogP contribution < -0.4 is 0 Å². The molecule has 41 heavy (non-hydrogen) atoms. The smallest absolute Gasteiger partial charge is 0.309 e. The number of hydrogen-bond acceptors (Lipinski definition) is 9. The molecule has 2 saturated heterocycles. The number of rotatable bonds is 4. The molecule has 2 heterocycles. The Hall–Kier alpha value is -1.26. The zero-order valence-corrected chi connectivity index (χ0v) is 27.8. The lowest BCUT2D eigenvalue weighted by Gasteiger charge is -2.51. The largest absolute Gasteiger partial charge is 0.461 e. The van der Waals surface area contributed by atoms with E-state index in [9.17, 15) is 20.2 Å². The van der Waals surface area contributed by atoms with Gasteiger partial charge in [-0.3, -0.25) is 4.79 Å². The van der Waals surface area contributed by atoms with Gasteiger partial charge >= 0.3 is 5.97 Å². The highest BCUT2D eigenvalue weighted by Gasteiger charge is 2.53. The summed E-state index contributed by atoms with van der Waals surface area (Å²) < 4.78 is 24.7. The molecule has 9 heteroatoms. The predicted octanol–water partition coefficient (Wildman–Crippen LogP) is 5.07. The summed E-state index contributed by atoms with van der Waals surface area (Å²) in [6, 6.07) is 0. The van der Waals surface area contributed by atoms with Crippen molar-refractivity contribution in [2.75, 3.05) is 14.2 Å². The second kappa shape index (κ2) is 13.6. The Kier molecular flexibility index (Phi) is 11.9. The van der Waals surface area contributed by atoms with E-state index >= 15 is 0 Å². The number of aliphatic hydroxyl groups is 2. The topological polar surface area (TPSA) is 127 Å². The van der Waals surface area contributed by atoms with Gasteiger partial charge in [0.15, 0.2) is 0 Å². The van der Waals surface area contributed by atoms with E-state index in [-0.39, 0.29) is 29.6 Å². The van der Waals surface area contributed by atoms with Crippen LogP contribution in [0.3, 0.4) is 0 Å². The Morgan fingerprint density at radius 3 is 1.95 bits per heavy atom. The van der Waals surface area contributed by atoms with Crippen LogP contribution >= 0.6 is 0 Å². The third-order valence-electron chi connectivity index (χ3n) is 11.2. The number of aliphatic hydroxyl groups excluding tert-OH is 2. The van der Waals surface area contributed by atoms with E-state index in [1.807, 2.05) is 55.4 Å². The van der Waals surface area contributed by atoms with E-state index in [0.29, 0.717) is 25.0 Å². The van der Waals surface area contributed by atoms with Crippen LogP contribution in [0.5, 0.6) is 0 Å². The minimum Gasteiger partial charge on any atom is -0.461 e. The third-order valence-corrected chi connectivity index (χ3v) is 11.2. The number of ether oxygens (including phenoxy) is 4. The predicted molar refractivity (Wildman–Crippen MR) is 159 cm³/mol. The van der Waals surface area contributed by atoms with Crippen molar-refractivity contribution in [1.29, 1.82) is 0 Å². The first-order valence-electron chi connectivity index (χ1n) is 15.4. The fraction of sp³-hybridized carbons (Fsp3) is 0.938. The van der Waals surface area contributed by atoms with Crippen LogP contribution in [-0.4, -0.2) is 83.0 Å². The van der Waals surface area contributed by atoms with Gasteiger partial charge in [-0.1, -0.05) is 60.5 Å². The Balaban J connectivity index is 2.72. The molecular weight excluding hydrogens is 526 g/mol. The van der Waals surface area contributed by atoms with Gasteiger partial charge in [0.05, 0.1) is 41.1 Å². The van der Waals surface area contributed by atoms with Gasteiger partial charge in [0, 0.05) is 43.8 Å². The van der Waals surface area contributed by atoms with Crippen molar-refractivity contribution in [1.82, 2.24) is 0 Å². The van der Waals surface area contributed by atoms with Crippen LogP contribution in [0.25, 0.3) is 0 Å². The van der Waals surface area contributed by atoms with Crippen molar-refractivity contribution in [2.45, 2.75) is 137 Å². The van der Waals surface area contributed by atoms with E-state index in [0.717, 1.165) is 0 Å². The van der Waals surface area contributed by atoms with Crippen LogP contribution in [0.1, 0.15) is 95.4 Å². The first kappa shape index (κ1) is 35.9. The molecule has 0 spiro atoms. The van der Waals surface area contributed by atoms with Gasteiger partial charge in [-0.15, -0.1) is 0 Å². The number of nitrogens with zero attached hydrogens (tertiary/aromatic N) is 1. The molecule has 0 bridgehead atoms. The molecule has 0 aromatic heterocycles. The molecule has 0 saturated carbocycles. The summed E-state index contributed by atoms with van der Waals surface area (Å²) in [7, 11) is 3.28. The minimum atomic E-state index is -0.931. The molecule has 0 aliphatic carbocycles. The number of carbonyl (C=O) groups is 1. The summed E-state index contributed by atoms with van der Waals surface area (Å²) in [4.78, 5) is 14.0. The lowest BCUT2D eigenvalue weighted by Crippen LogP contribution is -2.59. The first-order chi connectivity index (χ1) is 18.9. The van der Waals surface area contributed by atoms with Gasteiger partial charge in [0.2, 0.25) is 0 Å². The number of cyclic esters (lactones) is 1. The molecule has 2 aliphatic heterocycles. The molecule has 3 N–H and O–H groups in total. The second-order valence-corrected chi connectivity index (χ2v) is 14.1. The maximum absolute atomic E-state index is 14.0. The molecular formula is C32H59NO8. The standard InChI is InChI=1S/C32H59NO8/c1-14-24-30(8,9)27(34)20(5)26(33-37)17(2)15-31(10,38-12)21(6)18(3)25(19(4)29(36)41-24)23-16-32(11,39-13)28(35)22(7)40-23/h17-25,27-28,34-35,37H,14-16H2,1-13H3/b33-26+/t17-,18-,19-,20+,21-,22+,23?,24-,25+,27-,28+,31-,32-/m1/s1. The Labute approximate surface area is 248 Å². The highest BCUT2D eigenvalue weighted by atomic mass is 16.6. The van der Waals surface area contributed by atoms with E-state index in [1.165, 1.54) is 0 Å². The molecule has 0 aromatic rings. The third kappa shape index (κ3) is 6.95. The van der Waals surface area contributed by atoms with Gasteiger partial charge in [-0.25, -0.2) is 0 Å². The number of esters is 1. The molecule has 1 unspecified atom stereocenters. The van der Waals surface area contributed by atoms with Crippen molar-refractivity contribution in [3.63, 3.8) is 0 Å². The summed E-state index contributed by atoms with van der Waals surface area (Å²) >= 11 is 0. The van der Waals surface area contributed by atoms with E-state index in [4.69, 9.17) is 18.9 Å². The van der Waals surface area contributed by atoms with Crippen molar-refractivity contribution >= 4 is 11.7 Å². The molecule has 2 rings (SSSR count). The molecule has 2 fully saturated rings. The molecule has 0 amide bonds. The second-order valence-electron chi connectivity index (χ2n) is 14.1. The molecule has 9 nitrogen and oxygen atoms in total. The van der Waals surface area contributed by atoms with Gasteiger partial charge in [0.1, 0.15) is 12.2 Å².